The molecule has 3 nitrogen and oxygen atoms in total. The van der Waals surface area contributed by atoms with Crippen molar-refractivity contribution in [2.45, 2.75) is 64.5 Å². The average molecular weight is 284 g/mol. The van der Waals surface area contributed by atoms with Gasteiger partial charge in [-0.3, -0.25) is 4.68 Å². The van der Waals surface area contributed by atoms with Gasteiger partial charge in [0.2, 0.25) is 0 Å². The third-order valence-electron chi connectivity index (χ3n) is 4.36. The molecule has 0 radical (unpaired) electrons. The Kier molecular flexibility index (Phi) is 5.71. The molecule has 1 aliphatic carbocycles. The minimum atomic E-state index is 0.332. The van der Waals surface area contributed by atoms with Crippen LogP contribution in [0.4, 0.5) is 0 Å². The monoisotopic (exact) mass is 283 g/mol. The van der Waals surface area contributed by atoms with E-state index in [2.05, 4.69) is 17.3 Å². The van der Waals surface area contributed by atoms with Crippen LogP contribution >= 0.6 is 11.6 Å². The van der Waals surface area contributed by atoms with E-state index in [1.54, 1.807) is 6.20 Å². The molecule has 2 rings (SSSR count). The summed E-state index contributed by atoms with van der Waals surface area (Å²) >= 11 is 6.32. The molecule has 1 N–H and O–H groups in total. The third-order valence-corrected chi connectivity index (χ3v) is 4.65. The van der Waals surface area contributed by atoms with Crippen LogP contribution in [0.25, 0.3) is 0 Å². The van der Waals surface area contributed by atoms with Crippen molar-refractivity contribution in [2.24, 2.45) is 5.92 Å². The van der Waals surface area contributed by atoms with E-state index in [0.29, 0.717) is 6.04 Å². The van der Waals surface area contributed by atoms with Gasteiger partial charge in [0.1, 0.15) is 0 Å². The molecule has 1 fully saturated rings. The fraction of sp³-hybridized carbons (Fsp3) is 0.800. The van der Waals surface area contributed by atoms with Crippen LogP contribution in [-0.4, -0.2) is 16.8 Å². The molecule has 19 heavy (non-hydrogen) atoms. The topological polar surface area (TPSA) is 29.9 Å². The lowest BCUT2D eigenvalue weighted by Crippen LogP contribution is -2.23. The molecule has 0 bridgehead atoms. The molecule has 0 amide bonds. The summed E-state index contributed by atoms with van der Waals surface area (Å²) in [6.07, 6.45) is 11.3. The van der Waals surface area contributed by atoms with E-state index in [9.17, 15) is 0 Å². The first-order valence-corrected chi connectivity index (χ1v) is 8.02. The zero-order valence-electron chi connectivity index (χ0n) is 12.2. The highest BCUT2D eigenvalue weighted by Gasteiger charge is 2.23. The molecule has 1 saturated carbocycles. The van der Waals surface area contributed by atoms with Gasteiger partial charge in [-0.1, -0.05) is 50.1 Å². The molecular formula is C15H26ClN3. The van der Waals surface area contributed by atoms with E-state index >= 15 is 0 Å². The molecule has 0 aliphatic heterocycles. The van der Waals surface area contributed by atoms with E-state index in [1.165, 1.54) is 44.9 Å². The van der Waals surface area contributed by atoms with E-state index < -0.39 is 0 Å². The lowest BCUT2D eigenvalue weighted by atomic mass is 9.91. The van der Waals surface area contributed by atoms with Crippen molar-refractivity contribution in [3.05, 3.63) is 16.9 Å². The fourth-order valence-corrected chi connectivity index (χ4v) is 3.54. The highest BCUT2D eigenvalue weighted by Crippen LogP contribution is 2.33. The van der Waals surface area contributed by atoms with E-state index in [1.807, 2.05) is 11.7 Å². The number of halogens is 1. The van der Waals surface area contributed by atoms with Crippen LogP contribution in [0.15, 0.2) is 6.20 Å². The van der Waals surface area contributed by atoms with Gasteiger partial charge in [0.05, 0.1) is 23.0 Å². The average Bonchev–Trinajstić information content (AvgIpc) is 2.64. The van der Waals surface area contributed by atoms with Crippen molar-refractivity contribution in [3.8, 4) is 0 Å². The number of hydrogen-bond donors (Lipinski definition) is 1. The second kappa shape index (κ2) is 7.30. The molecule has 4 heteroatoms. The Bertz CT molecular complexity index is 381. The van der Waals surface area contributed by atoms with Crippen molar-refractivity contribution >= 4 is 11.6 Å². The summed E-state index contributed by atoms with van der Waals surface area (Å²) < 4.78 is 2.03. The standard InChI is InChI=1S/C15H26ClN3/c1-3-19-15(13(16)11-18-19)14(17-2)10-12-8-6-4-5-7-9-12/h11-12,14,17H,3-10H2,1-2H3. The molecule has 108 valence electrons. The van der Waals surface area contributed by atoms with Crippen LogP contribution in [-0.2, 0) is 6.54 Å². The van der Waals surface area contributed by atoms with Gasteiger partial charge in [0.15, 0.2) is 0 Å². The molecule has 1 aromatic rings. The maximum atomic E-state index is 6.32. The number of rotatable bonds is 5. The van der Waals surface area contributed by atoms with Crippen LogP contribution < -0.4 is 5.32 Å². The summed E-state index contributed by atoms with van der Waals surface area (Å²) in [5, 5.41) is 8.60. The maximum absolute atomic E-state index is 6.32. The largest absolute Gasteiger partial charge is 0.312 e. The van der Waals surface area contributed by atoms with Crippen molar-refractivity contribution in [1.82, 2.24) is 15.1 Å². The molecule has 1 aliphatic rings. The van der Waals surface area contributed by atoms with Gasteiger partial charge in [0.25, 0.3) is 0 Å². The van der Waals surface area contributed by atoms with Crippen LogP contribution in [0.5, 0.6) is 0 Å². The summed E-state index contributed by atoms with van der Waals surface area (Å²) in [7, 11) is 2.03. The number of aryl methyl sites for hydroxylation is 1. The van der Waals surface area contributed by atoms with Gasteiger partial charge in [-0.05, 0) is 26.3 Å². The minimum absolute atomic E-state index is 0.332. The minimum Gasteiger partial charge on any atom is -0.312 e. The van der Waals surface area contributed by atoms with Gasteiger partial charge in [-0.15, -0.1) is 0 Å². The molecule has 0 saturated heterocycles. The second-order valence-corrected chi connectivity index (χ2v) is 6.04. The molecular weight excluding hydrogens is 258 g/mol. The number of aromatic nitrogens is 2. The predicted octanol–water partition coefficient (Wildman–Crippen LogP) is 4.18. The fourth-order valence-electron chi connectivity index (χ4n) is 3.27. The summed E-state index contributed by atoms with van der Waals surface area (Å²) in [5.74, 6) is 0.830. The Labute approximate surface area is 121 Å². The Balaban J connectivity index is 2.08. The maximum Gasteiger partial charge on any atom is 0.0834 e. The van der Waals surface area contributed by atoms with Crippen LogP contribution in [0, 0.1) is 5.92 Å². The highest BCUT2D eigenvalue weighted by molar-refractivity contribution is 6.31. The first-order valence-electron chi connectivity index (χ1n) is 7.64. The van der Waals surface area contributed by atoms with Gasteiger partial charge in [0, 0.05) is 6.54 Å². The smallest absolute Gasteiger partial charge is 0.0834 e. The second-order valence-electron chi connectivity index (χ2n) is 5.63. The van der Waals surface area contributed by atoms with Gasteiger partial charge < -0.3 is 5.32 Å². The van der Waals surface area contributed by atoms with Gasteiger partial charge >= 0.3 is 0 Å². The van der Waals surface area contributed by atoms with Gasteiger partial charge in [-0.2, -0.15) is 5.10 Å². The van der Waals surface area contributed by atoms with E-state index in [-0.39, 0.29) is 0 Å². The van der Waals surface area contributed by atoms with Crippen LogP contribution in [0.1, 0.15) is 63.6 Å². The summed E-state index contributed by atoms with van der Waals surface area (Å²) in [6, 6.07) is 0.332. The predicted molar refractivity (Wildman–Crippen MR) is 80.5 cm³/mol. The van der Waals surface area contributed by atoms with Crippen molar-refractivity contribution in [1.29, 1.82) is 0 Å². The molecule has 0 spiro atoms. The SMILES string of the molecule is CCn1ncc(Cl)c1C(CC1CCCCCC1)NC. The number of hydrogen-bond acceptors (Lipinski definition) is 2. The third kappa shape index (κ3) is 3.73. The number of nitrogens with one attached hydrogen (secondary N) is 1. The Morgan fingerprint density at radius 3 is 2.63 bits per heavy atom. The van der Waals surface area contributed by atoms with Crippen molar-refractivity contribution in [3.63, 3.8) is 0 Å². The van der Waals surface area contributed by atoms with Crippen molar-refractivity contribution in [2.75, 3.05) is 7.05 Å². The first-order chi connectivity index (χ1) is 9.26. The van der Waals surface area contributed by atoms with Crippen molar-refractivity contribution < 1.29 is 0 Å². The molecule has 1 atom stereocenters. The zero-order chi connectivity index (χ0) is 13.7. The lowest BCUT2D eigenvalue weighted by Gasteiger charge is -2.23. The quantitative estimate of drug-likeness (QED) is 0.822. The first kappa shape index (κ1) is 14.9. The summed E-state index contributed by atoms with van der Waals surface area (Å²) in [4.78, 5) is 0. The van der Waals surface area contributed by atoms with E-state index in [4.69, 9.17) is 11.6 Å². The number of nitrogens with zero attached hydrogens (tertiary/aromatic N) is 2. The Morgan fingerprint density at radius 2 is 2.05 bits per heavy atom. The van der Waals surface area contributed by atoms with Gasteiger partial charge in [-0.25, -0.2) is 0 Å². The Hall–Kier alpha value is -0.540. The summed E-state index contributed by atoms with van der Waals surface area (Å²) in [6.45, 7) is 3.00. The Morgan fingerprint density at radius 1 is 1.37 bits per heavy atom. The molecule has 1 unspecified atom stereocenters. The normalized spacial score (nSPS) is 19.3. The summed E-state index contributed by atoms with van der Waals surface area (Å²) in [5.41, 5.74) is 1.16. The van der Waals surface area contributed by atoms with Crippen LogP contribution in [0.3, 0.4) is 0 Å². The van der Waals surface area contributed by atoms with E-state index in [0.717, 1.165) is 23.2 Å². The lowest BCUT2D eigenvalue weighted by molar-refractivity contribution is 0.355. The van der Waals surface area contributed by atoms with Crippen LogP contribution in [0.2, 0.25) is 5.02 Å². The highest BCUT2D eigenvalue weighted by atomic mass is 35.5. The molecule has 1 heterocycles. The zero-order valence-corrected chi connectivity index (χ0v) is 12.9. The molecule has 1 aromatic heterocycles. The molecule has 0 aromatic carbocycles.